The van der Waals surface area contributed by atoms with Gasteiger partial charge in [0.05, 0.1) is 6.04 Å². The summed E-state index contributed by atoms with van der Waals surface area (Å²) in [5, 5.41) is 9.81. The third kappa shape index (κ3) is 5.06. The maximum absolute atomic E-state index is 12.7. The van der Waals surface area contributed by atoms with Gasteiger partial charge in [0, 0.05) is 37.0 Å². The zero-order valence-electron chi connectivity index (χ0n) is 17.1. The van der Waals surface area contributed by atoms with Gasteiger partial charge in [-0.1, -0.05) is 0 Å². The number of carbonyl (C=O) groups is 1. The van der Waals surface area contributed by atoms with E-state index in [1.165, 1.54) is 0 Å². The summed E-state index contributed by atoms with van der Waals surface area (Å²) in [5.41, 5.74) is -0.498. The maximum atomic E-state index is 12.7. The Bertz CT molecular complexity index is 493. The minimum Gasteiger partial charge on any atom is -0.598 e. The molecule has 0 radical (unpaired) electrons. The van der Waals surface area contributed by atoms with E-state index < -0.39 is 17.0 Å². The zero-order chi connectivity index (χ0) is 19.8. The summed E-state index contributed by atoms with van der Waals surface area (Å²) in [5.74, 6) is 0.120. The van der Waals surface area contributed by atoms with Gasteiger partial charge in [0.1, 0.15) is 10.3 Å². The Morgan fingerprint density at radius 2 is 1.81 bits per heavy atom. The Labute approximate surface area is 161 Å². The van der Waals surface area contributed by atoms with Crippen LogP contribution in [0.5, 0.6) is 0 Å². The van der Waals surface area contributed by atoms with Crippen molar-refractivity contribution in [2.45, 2.75) is 83.6 Å². The molecular formula is C19H36N2O4S. The predicted octanol–water partition coefficient (Wildman–Crippen LogP) is 2.83. The highest BCUT2D eigenvalue weighted by Gasteiger charge is 2.52. The molecule has 7 heteroatoms. The standard InChI is InChI=1S/C19H36N2O4S/c1-17(2,3)25-16(23)21-11-9-19(10-12-21)8-7-14(13-22)15(19)20-26(24)18(4,5)6/h14-15,20,22H,7-13H2,1-6H3/t14?,15?,26-/m1/s1. The second kappa shape index (κ2) is 7.86. The van der Waals surface area contributed by atoms with Crippen LogP contribution in [0.3, 0.4) is 0 Å². The summed E-state index contributed by atoms with van der Waals surface area (Å²) in [6.45, 7) is 12.9. The summed E-state index contributed by atoms with van der Waals surface area (Å²) in [6, 6.07) is 0.0216. The monoisotopic (exact) mass is 388 g/mol. The van der Waals surface area contributed by atoms with Crippen molar-refractivity contribution in [1.82, 2.24) is 9.62 Å². The average Bonchev–Trinajstić information content (AvgIpc) is 2.83. The van der Waals surface area contributed by atoms with Crippen molar-refractivity contribution >= 4 is 17.5 Å². The number of likely N-dealkylation sites (tertiary alicyclic amines) is 1. The van der Waals surface area contributed by atoms with Gasteiger partial charge in [0.25, 0.3) is 0 Å². The molecule has 0 aromatic carbocycles. The lowest BCUT2D eigenvalue weighted by atomic mass is 9.73. The van der Waals surface area contributed by atoms with Crippen molar-refractivity contribution in [3.63, 3.8) is 0 Å². The maximum Gasteiger partial charge on any atom is 0.410 e. The molecule has 2 unspecified atom stereocenters. The van der Waals surface area contributed by atoms with Crippen LogP contribution in [0.4, 0.5) is 4.79 Å². The van der Waals surface area contributed by atoms with E-state index in [1.807, 2.05) is 41.5 Å². The Balaban J connectivity index is 2.05. The normalized spacial score (nSPS) is 27.6. The van der Waals surface area contributed by atoms with E-state index >= 15 is 0 Å². The fourth-order valence-corrected chi connectivity index (χ4v) is 5.05. The van der Waals surface area contributed by atoms with Crippen molar-refractivity contribution in [2.75, 3.05) is 19.7 Å². The smallest absolute Gasteiger partial charge is 0.410 e. The highest BCUT2D eigenvalue weighted by molar-refractivity contribution is 7.90. The molecule has 3 atom stereocenters. The molecule has 1 saturated heterocycles. The van der Waals surface area contributed by atoms with Crippen molar-refractivity contribution in [3.05, 3.63) is 0 Å². The summed E-state index contributed by atoms with van der Waals surface area (Å²) in [7, 11) is 0. The van der Waals surface area contributed by atoms with Gasteiger partial charge in [-0.05, 0) is 72.6 Å². The van der Waals surface area contributed by atoms with E-state index in [-0.39, 0.29) is 34.8 Å². The number of nitrogens with zero attached hydrogens (tertiary/aromatic N) is 1. The number of piperidine rings is 1. The third-order valence-corrected chi connectivity index (χ3v) is 7.16. The molecule has 2 aliphatic rings. The first-order chi connectivity index (χ1) is 11.9. The minimum atomic E-state index is -1.17. The van der Waals surface area contributed by atoms with E-state index in [0.717, 1.165) is 25.7 Å². The van der Waals surface area contributed by atoms with Crippen molar-refractivity contribution < 1.29 is 19.2 Å². The fraction of sp³-hybridized carbons (Fsp3) is 0.947. The van der Waals surface area contributed by atoms with E-state index in [2.05, 4.69) is 4.72 Å². The molecule has 1 aliphatic carbocycles. The topological polar surface area (TPSA) is 84.9 Å². The van der Waals surface area contributed by atoms with Crippen LogP contribution < -0.4 is 4.72 Å². The molecule has 1 saturated carbocycles. The molecule has 6 nitrogen and oxygen atoms in total. The third-order valence-electron chi connectivity index (χ3n) is 5.58. The van der Waals surface area contributed by atoms with Crippen molar-refractivity contribution in [1.29, 1.82) is 0 Å². The van der Waals surface area contributed by atoms with E-state index in [9.17, 15) is 14.5 Å². The largest absolute Gasteiger partial charge is 0.598 e. The second-order valence-corrected chi connectivity index (χ2v) is 11.8. The number of carbonyl (C=O) groups excluding carboxylic acids is 1. The molecule has 26 heavy (non-hydrogen) atoms. The van der Waals surface area contributed by atoms with Crippen LogP contribution in [-0.2, 0) is 16.1 Å². The number of aliphatic hydroxyl groups excluding tert-OH is 1. The number of hydrogen-bond donors (Lipinski definition) is 2. The molecule has 0 aromatic rings. The lowest BCUT2D eigenvalue weighted by molar-refractivity contribution is 0.00649. The second-order valence-electron chi connectivity index (χ2n) is 9.79. The van der Waals surface area contributed by atoms with E-state index in [4.69, 9.17) is 4.74 Å². The molecule has 0 bridgehead atoms. The van der Waals surface area contributed by atoms with Crippen LogP contribution in [-0.4, -0.2) is 56.7 Å². The molecular weight excluding hydrogens is 352 g/mol. The minimum absolute atomic E-state index is 0.00712. The fourth-order valence-electron chi connectivity index (χ4n) is 4.03. The number of rotatable bonds is 3. The lowest BCUT2D eigenvalue weighted by Gasteiger charge is -2.44. The molecule has 1 amide bonds. The first-order valence-corrected chi connectivity index (χ1v) is 10.8. The van der Waals surface area contributed by atoms with Gasteiger partial charge in [-0.3, -0.25) is 0 Å². The van der Waals surface area contributed by atoms with Gasteiger partial charge in [-0.2, -0.15) is 0 Å². The Hall–Kier alpha value is -0.500. The summed E-state index contributed by atoms with van der Waals surface area (Å²) < 4.78 is 21.2. The van der Waals surface area contributed by atoms with Crippen molar-refractivity contribution in [3.8, 4) is 0 Å². The first-order valence-electron chi connectivity index (χ1n) is 9.65. The van der Waals surface area contributed by atoms with Crippen LogP contribution in [0.2, 0.25) is 0 Å². The van der Waals surface area contributed by atoms with Crippen LogP contribution in [0.15, 0.2) is 0 Å². The molecule has 1 aliphatic heterocycles. The molecule has 0 aromatic heterocycles. The number of amides is 1. The van der Waals surface area contributed by atoms with Gasteiger partial charge in [0.2, 0.25) is 0 Å². The van der Waals surface area contributed by atoms with E-state index in [1.54, 1.807) is 4.90 Å². The molecule has 152 valence electrons. The van der Waals surface area contributed by atoms with Crippen LogP contribution >= 0.6 is 0 Å². The molecule has 2 fully saturated rings. The number of nitrogens with one attached hydrogen (secondary N) is 1. The molecule has 1 spiro atoms. The van der Waals surface area contributed by atoms with Gasteiger partial charge < -0.3 is 19.3 Å². The Morgan fingerprint density at radius 3 is 2.27 bits per heavy atom. The van der Waals surface area contributed by atoms with Gasteiger partial charge in [0.15, 0.2) is 0 Å². The Morgan fingerprint density at radius 1 is 1.23 bits per heavy atom. The first kappa shape index (κ1) is 21.8. The van der Waals surface area contributed by atoms with Crippen LogP contribution in [0, 0.1) is 11.3 Å². The predicted molar refractivity (Wildman–Crippen MR) is 104 cm³/mol. The highest BCUT2D eigenvalue weighted by Crippen LogP contribution is 2.49. The van der Waals surface area contributed by atoms with Crippen molar-refractivity contribution in [2.24, 2.45) is 11.3 Å². The van der Waals surface area contributed by atoms with Gasteiger partial charge in [-0.15, -0.1) is 4.72 Å². The van der Waals surface area contributed by atoms with Crippen LogP contribution in [0.25, 0.3) is 0 Å². The Kier molecular flexibility index (Phi) is 6.59. The number of hydrogen-bond acceptors (Lipinski definition) is 5. The van der Waals surface area contributed by atoms with Gasteiger partial charge in [-0.25, -0.2) is 4.79 Å². The average molecular weight is 389 g/mol. The SMILES string of the molecule is CC(C)(C)OC(=O)N1CCC2(CCC(CO)C2N[S@+]([O-])C(C)(C)C)CC1. The summed E-state index contributed by atoms with van der Waals surface area (Å²) in [6.07, 6.45) is 3.37. The van der Waals surface area contributed by atoms with E-state index in [0.29, 0.717) is 13.1 Å². The highest BCUT2D eigenvalue weighted by atomic mass is 32.2. The quantitative estimate of drug-likeness (QED) is 0.726. The lowest BCUT2D eigenvalue weighted by Crippen LogP contribution is -2.56. The van der Waals surface area contributed by atoms with Crippen LogP contribution in [0.1, 0.15) is 67.2 Å². The van der Waals surface area contributed by atoms with Gasteiger partial charge >= 0.3 is 6.09 Å². The summed E-state index contributed by atoms with van der Waals surface area (Å²) in [4.78, 5) is 14.1. The number of ether oxygens (including phenoxy) is 1. The molecule has 2 N–H and O–H groups in total. The molecule has 1 heterocycles. The summed E-state index contributed by atoms with van der Waals surface area (Å²) >= 11 is -1.17. The zero-order valence-corrected chi connectivity index (χ0v) is 17.9. The molecule has 2 rings (SSSR count). The number of aliphatic hydroxyl groups is 1.